The van der Waals surface area contributed by atoms with E-state index in [2.05, 4.69) is 4.98 Å². The number of aliphatic hydroxyl groups is 1. The monoisotopic (exact) mass is 286 g/mol. The van der Waals surface area contributed by atoms with E-state index < -0.39 is 0 Å². The molecule has 1 saturated heterocycles. The molecule has 1 N–H and O–H groups in total. The van der Waals surface area contributed by atoms with Gasteiger partial charge in [-0.05, 0) is 31.2 Å². The summed E-state index contributed by atoms with van der Waals surface area (Å²) in [6.07, 6.45) is 1.36. The van der Waals surface area contributed by atoms with Crippen LogP contribution in [0.1, 0.15) is 17.3 Å². The molecule has 2 heterocycles. The van der Waals surface area contributed by atoms with E-state index in [1.165, 1.54) is 0 Å². The summed E-state index contributed by atoms with van der Waals surface area (Å²) in [4.78, 5) is 18.6. The van der Waals surface area contributed by atoms with E-state index in [1.54, 1.807) is 17.2 Å². The Morgan fingerprint density at radius 1 is 1.43 bits per heavy atom. The lowest BCUT2D eigenvalue weighted by Crippen LogP contribution is -2.50. The van der Waals surface area contributed by atoms with Crippen LogP contribution < -0.4 is 0 Å². The lowest BCUT2D eigenvalue weighted by atomic mass is 10.1. The number of fused-ring (bicyclic) bond motifs is 1. The number of aliphatic hydroxyl groups excluding tert-OH is 1. The predicted octanol–water partition coefficient (Wildman–Crippen LogP) is 1.46. The van der Waals surface area contributed by atoms with Gasteiger partial charge >= 0.3 is 0 Å². The highest BCUT2D eigenvalue weighted by molar-refractivity contribution is 5.98. The largest absolute Gasteiger partial charge is 0.394 e. The van der Waals surface area contributed by atoms with Crippen molar-refractivity contribution >= 4 is 16.8 Å². The van der Waals surface area contributed by atoms with Crippen molar-refractivity contribution in [2.45, 2.75) is 19.1 Å². The molecule has 0 saturated carbocycles. The fraction of sp³-hybridized carbons (Fsp3) is 0.375. The van der Waals surface area contributed by atoms with E-state index in [0.29, 0.717) is 18.7 Å². The number of hydrogen-bond acceptors (Lipinski definition) is 4. The maximum atomic E-state index is 12.6. The van der Waals surface area contributed by atoms with Gasteiger partial charge in [0, 0.05) is 30.2 Å². The van der Waals surface area contributed by atoms with E-state index in [0.717, 1.165) is 10.9 Å². The van der Waals surface area contributed by atoms with Gasteiger partial charge in [-0.25, -0.2) is 0 Å². The summed E-state index contributed by atoms with van der Waals surface area (Å²) >= 11 is 0. The lowest BCUT2D eigenvalue weighted by Gasteiger charge is -2.36. The second-order valence-corrected chi connectivity index (χ2v) is 5.37. The maximum Gasteiger partial charge on any atom is 0.254 e. The van der Waals surface area contributed by atoms with Crippen LogP contribution in [0.2, 0.25) is 0 Å². The Kier molecular flexibility index (Phi) is 3.86. The first-order valence-corrected chi connectivity index (χ1v) is 7.08. The molecule has 2 atom stereocenters. The fourth-order valence-corrected chi connectivity index (χ4v) is 2.70. The quantitative estimate of drug-likeness (QED) is 0.908. The third kappa shape index (κ3) is 2.89. The zero-order valence-electron chi connectivity index (χ0n) is 11.9. The normalized spacial score (nSPS) is 22.5. The second-order valence-electron chi connectivity index (χ2n) is 5.37. The summed E-state index contributed by atoms with van der Waals surface area (Å²) < 4.78 is 5.57. The van der Waals surface area contributed by atoms with Gasteiger partial charge in [-0.15, -0.1) is 0 Å². The van der Waals surface area contributed by atoms with Gasteiger partial charge in [0.15, 0.2) is 0 Å². The summed E-state index contributed by atoms with van der Waals surface area (Å²) in [5, 5.41) is 10.2. The van der Waals surface area contributed by atoms with E-state index in [4.69, 9.17) is 4.74 Å². The van der Waals surface area contributed by atoms with Crippen LogP contribution in [-0.2, 0) is 4.74 Å². The Labute approximate surface area is 123 Å². The van der Waals surface area contributed by atoms with Crippen LogP contribution in [0.5, 0.6) is 0 Å². The molecule has 21 heavy (non-hydrogen) atoms. The zero-order chi connectivity index (χ0) is 14.8. The summed E-state index contributed by atoms with van der Waals surface area (Å²) in [5.41, 5.74) is 1.51. The third-order valence-corrected chi connectivity index (χ3v) is 3.67. The molecule has 0 bridgehead atoms. The number of pyridine rings is 1. The summed E-state index contributed by atoms with van der Waals surface area (Å²) in [6.45, 7) is 2.80. The van der Waals surface area contributed by atoms with Crippen molar-refractivity contribution in [3.63, 3.8) is 0 Å². The van der Waals surface area contributed by atoms with Crippen LogP contribution >= 0.6 is 0 Å². The molecule has 2 unspecified atom stereocenters. The van der Waals surface area contributed by atoms with Crippen LogP contribution in [-0.4, -0.2) is 52.8 Å². The number of benzene rings is 1. The number of amides is 1. The average molecular weight is 286 g/mol. The number of carbonyl (C=O) groups excluding carboxylic acids is 1. The minimum Gasteiger partial charge on any atom is -0.394 e. The van der Waals surface area contributed by atoms with Crippen molar-refractivity contribution in [1.82, 2.24) is 9.88 Å². The number of ether oxygens (including phenoxy) is 1. The molecule has 3 rings (SSSR count). The van der Waals surface area contributed by atoms with Crippen LogP contribution in [0, 0.1) is 0 Å². The van der Waals surface area contributed by atoms with Gasteiger partial charge < -0.3 is 14.7 Å². The smallest absolute Gasteiger partial charge is 0.254 e. The summed E-state index contributed by atoms with van der Waals surface area (Å²) in [6, 6.07) is 9.31. The van der Waals surface area contributed by atoms with E-state index in [1.807, 2.05) is 31.2 Å². The highest BCUT2D eigenvalue weighted by Gasteiger charge is 2.28. The molecule has 1 aromatic heterocycles. The minimum atomic E-state index is -0.306. The Bertz CT molecular complexity index is 659. The Morgan fingerprint density at radius 3 is 3.10 bits per heavy atom. The molecule has 5 nitrogen and oxygen atoms in total. The first-order valence-electron chi connectivity index (χ1n) is 7.08. The van der Waals surface area contributed by atoms with Gasteiger partial charge in [-0.2, -0.15) is 0 Å². The van der Waals surface area contributed by atoms with E-state index in [-0.39, 0.29) is 24.7 Å². The molecule has 5 heteroatoms. The topological polar surface area (TPSA) is 62.7 Å². The molecule has 1 aliphatic rings. The number of aromatic nitrogens is 1. The summed E-state index contributed by atoms with van der Waals surface area (Å²) in [5.74, 6) is -0.0330. The first-order chi connectivity index (χ1) is 10.2. The predicted molar refractivity (Wildman–Crippen MR) is 79.1 cm³/mol. The minimum absolute atomic E-state index is 0.0330. The van der Waals surface area contributed by atoms with E-state index >= 15 is 0 Å². The van der Waals surface area contributed by atoms with Crippen molar-refractivity contribution in [3.05, 3.63) is 42.1 Å². The second kappa shape index (κ2) is 5.79. The molecule has 1 amide bonds. The molecule has 0 spiro atoms. The molecule has 2 aromatic rings. The Hall–Kier alpha value is -1.98. The highest BCUT2D eigenvalue weighted by atomic mass is 16.5. The Balaban J connectivity index is 1.85. The molecular formula is C16H18N2O3. The van der Waals surface area contributed by atoms with Gasteiger partial charge in [0.25, 0.3) is 5.91 Å². The van der Waals surface area contributed by atoms with Crippen molar-refractivity contribution in [1.29, 1.82) is 0 Å². The van der Waals surface area contributed by atoms with E-state index in [9.17, 15) is 9.90 Å². The molecule has 1 fully saturated rings. The van der Waals surface area contributed by atoms with Gasteiger partial charge in [-0.1, -0.05) is 6.07 Å². The number of morpholine rings is 1. The standard InChI is InChI=1S/C16H18N2O3/c1-11-8-18(9-14(10-19)21-11)16(20)13-4-5-15-12(7-13)3-2-6-17-15/h2-7,11,14,19H,8-10H2,1H3. The maximum absolute atomic E-state index is 12.6. The van der Waals surface area contributed by atoms with Crippen molar-refractivity contribution in [3.8, 4) is 0 Å². The fourth-order valence-electron chi connectivity index (χ4n) is 2.70. The highest BCUT2D eigenvalue weighted by Crippen LogP contribution is 2.18. The molecule has 110 valence electrons. The first kappa shape index (κ1) is 14.0. The van der Waals surface area contributed by atoms with Crippen LogP contribution in [0.25, 0.3) is 10.9 Å². The number of rotatable bonds is 2. The lowest BCUT2D eigenvalue weighted by molar-refractivity contribution is -0.0858. The number of hydrogen-bond donors (Lipinski definition) is 1. The molecule has 0 aliphatic carbocycles. The van der Waals surface area contributed by atoms with Gasteiger partial charge in [-0.3, -0.25) is 9.78 Å². The SMILES string of the molecule is CC1CN(C(=O)c2ccc3ncccc3c2)CC(CO)O1. The molecule has 0 radical (unpaired) electrons. The summed E-state index contributed by atoms with van der Waals surface area (Å²) in [7, 11) is 0. The molecule has 1 aromatic carbocycles. The third-order valence-electron chi connectivity index (χ3n) is 3.67. The zero-order valence-corrected chi connectivity index (χ0v) is 11.9. The van der Waals surface area contributed by atoms with Gasteiger partial charge in [0.1, 0.15) is 0 Å². The van der Waals surface area contributed by atoms with Crippen LogP contribution in [0.15, 0.2) is 36.5 Å². The van der Waals surface area contributed by atoms with Gasteiger partial charge in [0.2, 0.25) is 0 Å². The van der Waals surface area contributed by atoms with Crippen LogP contribution in [0.4, 0.5) is 0 Å². The van der Waals surface area contributed by atoms with Crippen molar-refractivity contribution in [2.75, 3.05) is 19.7 Å². The van der Waals surface area contributed by atoms with Crippen LogP contribution in [0.3, 0.4) is 0 Å². The number of carbonyl (C=O) groups is 1. The Morgan fingerprint density at radius 2 is 2.29 bits per heavy atom. The molecular weight excluding hydrogens is 268 g/mol. The van der Waals surface area contributed by atoms with Crippen molar-refractivity contribution in [2.24, 2.45) is 0 Å². The van der Waals surface area contributed by atoms with Crippen molar-refractivity contribution < 1.29 is 14.6 Å². The molecule has 1 aliphatic heterocycles. The average Bonchev–Trinajstić information content (AvgIpc) is 2.53. The number of nitrogens with zero attached hydrogens (tertiary/aromatic N) is 2. The van der Waals surface area contributed by atoms with Gasteiger partial charge in [0.05, 0.1) is 24.3 Å².